The molecule has 0 saturated carbocycles. The van der Waals surface area contributed by atoms with Gasteiger partial charge in [-0.3, -0.25) is 0 Å². The minimum absolute atomic E-state index is 0.190. The van der Waals surface area contributed by atoms with Crippen LogP contribution in [0.1, 0.15) is 10.4 Å². The molecule has 16 heavy (non-hydrogen) atoms. The van der Waals surface area contributed by atoms with Crippen molar-refractivity contribution in [2.75, 3.05) is 7.11 Å². The first kappa shape index (κ1) is 13.7. The zero-order valence-corrected chi connectivity index (χ0v) is 8.71. The lowest BCUT2D eigenvalue weighted by Crippen LogP contribution is -1.99. The summed E-state index contributed by atoms with van der Waals surface area (Å²) >= 11 is 0. The first-order valence-electron chi connectivity index (χ1n) is 4.24. The highest BCUT2D eigenvalue weighted by Crippen LogP contribution is 2.16. The summed E-state index contributed by atoms with van der Waals surface area (Å²) in [4.78, 5) is 19.8. The Hall–Kier alpha value is -2.30. The smallest absolute Gasteiger partial charge is 0.339 e. The van der Waals surface area contributed by atoms with Gasteiger partial charge in [-0.15, -0.1) is 0 Å². The fourth-order valence-electron chi connectivity index (χ4n) is 0.821. The van der Waals surface area contributed by atoms with E-state index in [0.29, 0.717) is 5.75 Å². The molecule has 1 rings (SSSR count). The van der Waals surface area contributed by atoms with Gasteiger partial charge in [0, 0.05) is 6.08 Å². The van der Waals surface area contributed by atoms with Crippen LogP contribution >= 0.6 is 0 Å². The number of carboxylic acid groups (broad SMARTS) is 2. The molecule has 0 heterocycles. The van der Waals surface area contributed by atoms with Crippen molar-refractivity contribution in [3.63, 3.8) is 0 Å². The van der Waals surface area contributed by atoms with E-state index >= 15 is 0 Å². The van der Waals surface area contributed by atoms with Gasteiger partial charge in [-0.1, -0.05) is 18.7 Å². The molecule has 5 nitrogen and oxygen atoms in total. The molecule has 0 atom stereocenters. The lowest BCUT2D eigenvalue weighted by atomic mass is 10.2. The summed E-state index contributed by atoms with van der Waals surface area (Å²) in [6.45, 7) is 2.96. The molecule has 0 radical (unpaired) electrons. The molecule has 0 fully saturated rings. The molecule has 0 bridgehead atoms. The van der Waals surface area contributed by atoms with Crippen molar-refractivity contribution in [1.82, 2.24) is 0 Å². The minimum Gasteiger partial charge on any atom is -0.496 e. The van der Waals surface area contributed by atoms with E-state index in [9.17, 15) is 9.59 Å². The maximum absolute atomic E-state index is 10.5. The number of carbonyl (C=O) groups is 2. The Morgan fingerprint density at radius 3 is 2.12 bits per heavy atom. The molecule has 0 unspecified atom stereocenters. The van der Waals surface area contributed by atoms with Crippen LogP contribution in [0.15, 0.2) is 36.9 Å². The zero-order valence-electron chi connectivity index (χ0n) is 8.71. The number of aromatic carboxylic acids is 1. The van der Waals surface area contributed by atoms with Gasteiger partial charge >= 0.3 is 11.9 Å². The third kappa shape index (κ3) is 4.80. The second-order valence-electron chi connectivity index (χ2n) is 2.55. The SMILES string of the molecule is C=CC(=O)O.COc1ccccc1C(=O)O. The Bertz CT molecular complexity index is 384. The van der Waals surface area contributed by atoms with E-state index in [1.165, 1.54) is 13.2 Å². The molecule has 0 amide bonds. The van der Waals surface area contributed by atoms with Gasteiger partial charge in [-0.2, -0.15) is 0 Å². The summed E-state index contributed by atoms with van der Waals surface area (Å²) in [5, 5.41) is 16.2. The summed E-state index contributed by atoms with van der Waals surface area (Å²) in [5.41, 5.74) is 0.190. The second kappa shape index (κ2) is 7.05. The number of benzene rings is 1. The molecular formula is C11H12O5. The number of hydrogen-bond acceptors (Lipinski definition) is 3. The lowest BCUT2D eigenvalue weighted by molar-refractivity contribution is -0.131. The van der Waals surface area contributed by atoms with Crippen molar-refractivity contribution in [2.24, 2.45) is 0 Å². The van der Waals surface area contributed by atoms with Crippen LogP contribution in [0.2, 0.25) is 0 Å². The van der Waals surface area contributed by atoms with Gasteiger partial charge in [-0.25, -0.2) is 9.59 Å². The molecule has 5 heteroatoms. The predicted octanol–water partition coefficient (Wildman–Crippen LogP) is 1.65. The van der Waals surface area contributed by atoms with Crippen LogP contribution in [-0.4, -0.2) is 29.3 Å². The van der Waals surface area contributed by atoms with E-state index in [-0.39, 0.29) is 5.56 Å². The van der Waals surface area contributed by atoms with E-state index in [2.05, 4.69) is 6.58 Å². The van der Waals surface area contributed by atoms with Crippen LogP contribution in [0.3, 0.4) is 0 Å². The number of carboxylic acids is 2. The third-order valence-corrected chi connectivity index (χ3v) is 1.51. The van der Waals surface area contributed by atoms with Gasteiger partial charge < -0.3 is 14.9 Å². The van der Waals surface area contributed by atoms with Crippen molar-refractivity contribution in [3.8, 4) is 5.75 Å². The molecule has 0 aromatic heterocycles. The first-order chi connectivity index (χ1) is 7.52. The monoisotopic (exact) mass is 224 g/mol. The molecule has 1 aromatic rings. The molecule has 86 valence electrons. The molecular weight excluding hydrogens is 212 g/mol. The summed E-state index contributed by atoms with van der Waals surface area (Å²) < 4.78 is 4.83. The Kier molecular flexibility index (Phi) is 6.04. The number of hydrogen-bond donors (Lipinski definition) is 2. The summed E-state index contributed by atoms with van der Waals surface area (Å²) in [7, 11) is 1.45. The normalized spacial score (nSPS) is 8.31. The minimum atomic E-state index is -0.981. The Balaban J connectivity index is 0.000000385. The zero-order chi connectivity index (χ0) is 12.6. The Morgan fingerprint density at radius 1 is 1.31 bits per heavy atom. The van der Waals surface area contributed by atoms with Gasteiger partial charge in [0.05, 0.1) is 7.11 Å². The summed E-state index contributed by atoms with van der Waals surface area (Å²) in [6.07, 6.45) is 0.833. The van der Waals surface area contributed by atoms with E-state index in [1.54, 1.807) is 18.2 Å². The van der Waals surface area contributed by atoms with Gasteiger partial charge in [0.1, 0.15) is 11.3 Å². The quantitative estimate of drug-likeness (QED) is 0.762. The van der Waals surface area contributed by atoms with Gasteiger partial charge in [0.15, 0.2) is 0 Å². The standard InChI is InChI=1S/C8H8O3.C3H4O2/c1-11-7-5-3-2-4-6(7)8(9)10;1-2-3(4)5/h2-5H,1H3,(H,9,10);2H,1H2,(H,4,5). The van der Waals surface area contributed by atoms with E-state index in [4.69, 9.17) is 14.9 Å². The van der Waals surface area contributed by atoms with Gasteiger partial charge in [-0.05, 0) is 12.1 Å². The number of para-hydroxylation sites is 1. The molecule has 0 spiro atoms. The fraction of sp³-hybridized carbons (Fsp3) is 0.0909. The maximum Gasteiger partial charge on any atom is 0.339 e. The van der Waals surface area contributed by atoms with Crippen molar-refractivity contribution in [3.05, 3.63) is 42.5 Å². The maximum atomic E-state index is 10.5. The predicted molar refractivity (Wildman–Crippen MR) is 57.8 cm³/mol. The highest BCUT2D eigenvalue weighted by molar-refractivity contribution is 5.90. The highest BCUT2D eigenvalue weighted by Gasteiger charge is 2.07. The van der Waals surface area contributed by atoms with Gasteiger partial charge in [0.2, 0.25) is 0 Å². The Labute approximate surface area is 92.6 Å². The van der Waals surface area contributed by atoms with Crippen molar-refractivity contribution in [2.45, 2.75) is 0 Å². The van der Waals surface area contributed by atoms with E-state index in [1.807, 2.05) is 0 Å². The molecule has 0 aliphatic carbocycles. The van der Waals surface area contributed by atoms with Crippen LogP contribution in [0, 0.1) is 0 Å². The average molecular weight is 224 g/mol. The number of aliphatic carboxylic acids is 1. The van der Waals surface area contributed by atoms with Gasteiger partial charge in [0.25, 0.3) is 0 Å². The lowest BCUT2D eigenvalue weighted by Gasteiger charge is -2.01. The third-order valence-electron chi connectivity index (χ3n) is 1.51. The number of methoxy groups -OCH3 is 1. The molecule has 0 aliphatic rings. The highest BCUT2D eigenvalue weighted by atomic mass is 16.5. The van der Waals surface area contributed by atoms with E-state index in [0.717, 1.165) is 6.08 Å². The first-order valence-corrected chi connectivity index (χ1v) is 4.24. The van der Waals surface area contributed by atoms with Crippen LogP contribution in [0.5, 0.6) is 5.75 Å². The molecule has 0 saturated heterocycles. The van der Waals surface area contributed by atoms with Crippen molar-refractivity contribution < 1.29 is 24.5 Å². The van der Waals surface area contributed by atoms with E-state index < -0.39 is 11.9 Å². The number of rotatable bonds is 3. The topological polar surface area (TPSA) is 83.8 Å². The second-order valence-corrected chi connectivity index (χ2v) is 2.55. The summed E-state index contributed by atoms with van der Waals surface area (Å²) in [5.74, 6) is -1.56. The van der Waals surface area contributed by atoms with Crippen LogP contribution in [0.4, 0.5) is 0 Å². The number of ether oxygens (including phenoxy) is 1. The van der Waals surface area contributed by atoms with Crippen molar-refractivity contribution in [1.29, 1.82) is 0 Å². The van der Waals surface area contributed by atoms with Crippen LogP contribution < -0.4 is 4.74 Å². The average Bonchev–Trinajstić information content (AvgIpc) is 2.29. The fourth-order valence-corrected chi connectivity index (χ4v) is 0.821. The van der Waals surface area contributed by atoms with Crippen LogP contribution in [0.25, 0.3) is 0 Å². The van der Waals surface area contributed by atoms with Crippen molar-refractivity contribution >= 4 is 11.9 Å². The molecule has 0 aliphatic heterocycles. The largest absolute Gasteiger partial charge is 0.496 e. The molecule has 1 aromatic carbocycles. The Morgan fingerprint density at radius 2 is 1.81 bits per heavy atom. The molecule has 2 N–H and O–H groups in total. The van der Waals surface area contributed by atoms with Crippen LogP contribution in [-0.2, 0) is 4.79 Å². The summed E-state index contributed by atoms with van der Waals surface area (Å²) in [6, 6.07) is 6.50.